The molecular formula is C18H15Cl. The van der Waals surface area contributed by atoms with Gasteiger partial charge in [0.15, 0.2) is 0 Å². The largest absolute Gasteiger partial charge is 0.0843 e. The van der Waals surface area contributed by atoms with E-state index in [1.54, 1.807) is 5.57 Å². The van der Waals surface area contributed by atoms with Crippen LogP contribution < -0.4 is 0 Å². The number of allylic oxidation sites excluding steroid dienone is 4. The molecular weight excluding hydrogens is 252 g/mol. The molecule has 0 bridgehead atoms. The third kappa shape index (κ3) is 1.74. The van der Waals surface area contributed by atoms with Crippen molar-refractivity contribution in [2.45, 2.75) is 25.7 Å². The Morgan fingerprint density at radius 3 is 2.79 bits per heavy atom. The molecule has 19 heavy (non-hydrogen) atoms. The first-order valence-corrected chi connectivity index (χ1v) is 7.31. The normalized spacial score (nSPS) is 17.5. The fraction of sp³-hybridized carbons (Fsp3) is 0.222. The van der Waals surface area contributed by atoms with Gasteiger partial charge in [-0.2, -0.15) is 0 Å². The van der Waals surface area contributed by atoms with Crippen molar-refractivity contribution in [2.75, 3.05) is 0 Å². The number of aryl methyl sites for hydroxylation is 1. The van der Waals surface area contributed by atoms with Crippen LogP contribution in [-0.4, -0.2) is 0 Å². The first kappa shape index (κ1) is 11.3. The molecule has 0 N–H and O–H groups in total. The highest BCUT2D eigenvalue weighted by Crippen LogP contribution is 2.40. The number of hydrogen-bond acceptors (Lipinski definition) is 0. The Morgan fingerprint density at radius 1 is 0.947 bits per heavy atom. The molecule has 0 nitrogen and oxygen atoms in total. The fourth-order valence-corrected chi connectivity index (χ4v) is 3.57. The quantitative estimate of drug-likeness (QED) is 0.587. The summed E-state index contributed by atoms with van der Waals surface area (Å²) < 4.78 is 0. The van der Waals surface area contributed by atoms with Gasteiger partial charge in [-0.3, -0.25) is 0 Å². The van der Waals surface area contributed by atoms with Crippen molar-refractivity contribution in [1.82, 2.24) is 0 Å². The SMILES string of the molecule is Clc1ccc2ccc3c(c2c1)CCC1=C3C=CCC1. The highest BCUT2D eigenvalue weighted by atomic mass is 35.5. The minimum Gasteiger partial charge on any atom is -0.0843 e. The molecule has 94 valence electrons. The number of benzene rings is 2. The van der Waals surface area contributed by atoms with Gasteiger partial charge in [-0.15, -0.1) is 0 Å². The van der Waals surface area contributed by atoms with Crippen LogP contribution in [-0.2, 0) is 6.42 Å². The maximum Gasteiger partial charge on any atom is 0.0412 e. The first-order valence-electron chi connectivity index (χ1n) is 6.93. The number of fused-ring (bicyclic) bond motifs is 4. The van der Waals surface area contributed by atoms with Crippen LogP contribution in [0, 0.1) is 0 Å². The Labute approximate surface area is 118 Å². The van der Waals surface area contributed by atoms with E-state index >= 15 is 0 Å². The molecule has 2 aliphatic carbocycles. The van der Waals surface area contributed by atoms with Crippen LogP contribution >= 0.6 is 11.6 Å². The smallest absolute Gasteiger partial charge is 0.0412 e. The van der Waals surface area contributed by atoms with Gasteiger partial charge in [-0.05, 0) is 65.3 Å². The lowest BCUT2D eigenvalue weighted by Gasteiger charge is -2.25. The van der Waals surface area contributed by atoms with Crippen molar-refractivity contribution in [3.63, 3.8) is 0 Å². The minimum atomic E-state index is 0.833. The molecule has 0 aliphatic heterocycles. The number of rotatable bonds is 0. The summed E-state index contributed by atoms with van der Waals surface area (Å²) in [6.07, 6.45) is 9.41. The second-order valence-electron chi connectivity index (χ2n) is 5.42. The summed E-state index contributed by atoms with van der Waals surface area (Å²) in [5.41, 5.74) is 6.00. The lowest BCUT2D eigenvalue weighted by atomic mass is 9.79. The minimum absolute atomic E-state index is 0.833. The molecule has 0 atom stereocenters. The van der Waals surface area contributed by atoms with Crippen LogP contribution in [0.5, 0.6) is 0 Å². The molecule has 0 unspecified atom stereocenters. The van der Waals surface area contributed by atoms with Crippen molar-refractivity contribution in [1.29, 1.82) is 0 Å². The Bertz CT molecular complexity index is 735. The predicted octanol–water partition coefficient (Wildman–Crippen LogP) is 5.54. The molecule has 2 aliphatic rings. The Balaban J connectivity index is 2.02. The second-order valence-corrected chi connectivity index (χ2v) is 5.85. The highest BCUT2D eigenvalue weighted by Gasteiger charge is 2.20. The van der Waals surface area contributed by atoms with E-state index in [1.807, 2.05) is 6.07 Å². The lowest BCUT2D eigenvalue weighted by molar-refractivity contribution is 0.831. The van der Waals surface area contributed by atoms with Crippen LogP contribution in [0.1, 0.15) is 30.4 Å². The van der Waals surface area contributed by atoms with Crippen molar-refractivity contribution in [2.24, 2.45) is 0 Å². The number of halogens is 1. The molecule has 0 radical (unpaired) electrons. The lowest BCUT2D eigenvalue weighted by Crippen LogP contribution is -2.06. The maximum absolute atomic E-state index is 6.17. The molecule has 0 spiro atoms. The summed E-state index contributed by atoms with van der Waals surface area (Å²) in [4.78, 5) is 0. The topological polar surface area (TPSA) is 0 Å². The van der Waals surface area contributed by atoms with Gasteiger partial charge < -0.3 is 0 Å². The van der Waals surface area contributed by atoms with Crippen molar-refractivity contribution in [3.05, 3.63) is 64.2 Å². The van der Waals surface area contributed by atoms with Gasteiger partial charge in [0, 0.05) is 5.02 Å². The molecule has 2 aromatic rings. The van der Waals surface area contributed by atoms with E-state index in [0.29, 0.717) is 0 Å². The fourth-order valence-electron chi connectivity index (χ4n) is 3.40. The van der Waals surface area contributed by atoms with E-state index in [0.717, 1.165) is 11.4 Å². The molecule has 0 fully saturated rings. The maximum atomic E-state index is 6.17. The Morgan fingerprint density at radius 2 is 1.84 bits per heavy atom. The molecule has 2 aromatic carbocycles. The zero-order valence-corrected chi connectivity index (χ0v) is 11.5. The summed E-state index contributed by atoms with van der Waals surface area (Å²) in [6.45, 7) is 0. The third-order valence-corrected chi connectivity index (χ3v) is 4.58. The van der Waals surface area contributed by atoms with E-state index in [4.69, 9.17) is 11.6 Å². The molecule has 0 amide bonds. The summed E-state index contributed by atoms with van der Waals surface area (Å²) in [5.74, 6) is 0. The van der Waals surface area contributed by atoms with Crippen molar-refractivity contribution < 1.29 is 0 Å². The van der Waals surface area contributed by atoms with Crippen LogP contribution in [0.15, 0.2) is 48.1 Å². The van der Waals surface area contributed by atoms with E-state index in [1.165, 1.54) is 46.7 Å². The van der Waals surface area contributed by atoms with Gasteiger partial charge in [-0.1, -0.05) is 47.5 Å². The zero-order valence-electron chi connectivity index (χ0n) is 10.7. The average molecular weight is 267 g/mol. The first-order chi connectivity index (χ1) is 9.33. The number of hydrogen-bond donors (Lipinski definition) is 0. The monoisotopic (exact) mass is 266 g/mol. The summed E-state index contributed by atoms with van der Waals surface area (Å²) >= 11 is 6.17. The predicted molar refractivity (Wildman–Crippen MR) is 82.6 cm³/mol. The van der Waals surface area contributed by atoms with E-state index in [2.05, 4.69) is 36.4 Å². The van der Waals surface area contributed by atoms with Crippen LogP contribution in [0.4, 0.5) is 0 Å². The van der Waals surface area contributed by atoms with Crippen LogP contribution in [0.2, 0.25) is 5.02 Å². The molecule has 4 rings (SSSR count). The van der Waals surface area contributed by atoms with Gasteiger partial charge in [0.2, 0.25) is 0 Å². The molecule has 0 saturated heterocycles. The summed E-state index contributed by atoms with van der Waals surface area (Å²) in [5, 5.41) is 3.46. The average Bonchev–Trinajstić information content (AvgIpc) is 2.46. The van der Waals surface area contributed by atoms with Crippen molar-refractivity contribution in [3.8, 4) is 0 Å². The van der Waals surface area contributed by atoms with E-state index in [-0.39, 0.29) is 0 Å². The Hall–Kier alpha value is -1.53. The highest BCUT2D eigenvalue weighted by molar-refractivity contribution is 6.31. The molecule has 0 saturated carbocycles. The summed E-state index contributed by atoms with van der Waals surface area (Å²) in [6, 6.07) is 10.7. The molecule has 1 heteroatoms. The molecule has 0 heterocycles. The standard InChI is InChI=1S/C18H15Cl/c19-14-8-5-13-7-9-16-15-4-2-1-3-12(15)6-10-17(16)18(13)11-14/h2,4-5,7-9,11H,1,3,6,10H2. The van der Waals surface area contributed by atoms with Crippen LogP contribution in [0.3, 0.4) is 0 Å². The third-order valence-electron chi connectivity index (χ3n) is 4.34. The zero-order chi connectivity index (χ0) is 12.8. The van der Waals surface area contributed by atoms with Gasteiger partial charge >= 0.3 is 0 Å². The van der Waals surface area contributed by atoms with Gasteiger partial charge in [0.1, 0.15) is 0 Å². The Kier molecular flexibility index (Phi) is 2.53. The second kappa shape index (κ2) is 4.25. The van der Waals surface area contributed by atoms with E-state index in [9.17, 15) is 0 Å². The van der Waals surface area contributed by atoms with Gasteiger partial charge in [0.05, 0.1) is 0 Å². The van der Waals surface area contributed by atoms with Crippen LogP contribution in [0.25, 0.3) is 16.3 Å². The van der Waals surface area contributed by atoms with Gasteiger partial charge in [-0.25, -0.2) is 0 Å². The van der Waals surface area contributed by atoms with Crippen molar-refractivity contribution >= 4 is 27.9 Å². The van der Waals surface area contributed by atoms with Gasteiger partial charge in [0.25, 0.3) is 0 Å². The summed E-state index contributed by atoms with van der Waals surface area (Å²) in [7, 11) is 0. The van der Waals surface area contributed by atoms with E-state index < -0.39 is 0 Å². The molecule has 0 aromatic heterocycles.